The molecule has 0 aromatic heterocycles. The summed E-state index contributed by atoms with van der Waals surface area (Å²) in [5.74, 6) is 0.149. The second kappa shape index (κ2) is 7.14. The molecule has 1 amide bonds. The molecule has 0 unspecified atom stereocenters. The molecule has 3 nitrogen and oxygen atoms in total. The first-order valence-electron chi connectivity index (χ1n) is 6.53. The van der Waals surface area contributed by atoms with Gasteiger partial charge in [0, 0.05) is 12.6 Å². The van der Waals surface area contributed by atoms with E-state index in [-0.39, 0.29) is 11.7 Å². The summed E-state index contributed by atoms with van der Waals surface area (Å²) in [6.07, 6.45) is 4.06. The Morgan fingerprint density at radius 1 is 1.05 bits per heavy atom. The number of carbonyl (C=O) groups is 1. The second-order valence-corrected chi connectivity index (χ2v) is 4.45. The smallest absolute Gasteiger partial charge is 0.244 e. The Hall–Kier alpha value is -2.55. The van der Waals surface area contributed by atoms with Gasteiger partial charge in [0.25, 0.3) is 0 Å². The Labute approximate surface area is 118 Å². The number of phenolic OH excluding ortho intramolecular Hbond substituents is 1. The van der Waals surface area contributed by atoms with Gasteiger partial charge in [-0.05, 0) is 35.8 Å². The molecule has 0 spiro atoms. The highest BCUT2D eigenvalue weighted by molar-refractivity contribution is 5.91. The van der Waals surface area contributed by atoms with Crippen LogP contribution in [-0.4, -0.2) is 17.6 Å². The number of rotatable bonds is 5. The summed E-state index contributed by atoms with van der Waals surface area (Å²) in [4.78, 5) is 11.6. The molecule has 2 aromatic rings. The summed E-state index contributed by atoms with van der Waals surface area (Å²) < 4.78 is 0. The Morgan fingerprint density at radius 3 is 2.45 bits per heavy atom. The van der Waals surface area contributed by atoms with E-state index in [0.717, 1.165) is 17.5 Å². The highest BCUT2D eigenvalue weighted by Gasteiger charge is 1.97. The molecule has 2 N–H and O–H groups in total. The zero-order valence-electron chi connectivity index (χ0n) is 11.1. The topological polar surface area (TPSA) is 49.3 Å². The van der Waals surface area contributed by atoms with Crippen LogP contribution in [0.4, 0.5) is 0 Å². The molecule has 0 saturated heterocycles. The van der Waals surface area contributed by atoms with Gasteiger partial charge >= 0.3 is 0 Å². The predicted octanol–water partition coefficient (Wildman–Crippen LogP) is 2.76. The van der Waals surface area contributed by atoms with E-state index < -0.39 is 0 Å². The van der Waals surface area contributed by atoms with E-state index in [1.165, 1.54) is 6.08 Å². The third kappa shape index (κ3) is 4.61. The molecule has 0 radical (unpaired) electrons. The number of carbonyl (C=O) groups excluding carboxylic acids is 1. The molecule has 3 heteroatoms. The maximum Gasteiger partial charge on any atom is 0.244 e. The van der Waals surface area contributed by atoms with Crippen LogP contribution in [0.1, 0.15) is 11.1 Å². The molecule has 0 heterocycles. The van der Waals surface area contributed by atoms with E-state index >= 15 is 0 Å². The minimum absolute atomic E-state index is 0.104. The van der Waals surface area contributed by atoms with Crippen molar-refractivity contribution in [2.24, 2.45) is 0 Å². The third-order valence-corrected chi connectivity index (χ3v) is 2.88. The lowest BCUT2D eigenvalue weighted by Gasteiger charge is -2.03. The third-order valence-electron chi connectivity index (χ3n) is 2.88. The summed E-state index contributed by atoms with van der Waals surface area (Å²) in [5, 5.41) is 12.0. The lowest BCUT2D eigenvalue weighted by molar-refractivity contribution is -0.116. The van der Waals surface area contributed by atoms with Crippen LogP contribution < -0.4 is 5.32 Å². The van der Waals surface area contributed by atoms with Crippen molar-refractivity contribution in [2.45, 2.75) is 6.42 Å². The van der Waals surface area contributed by atoms with Crippen LogP contribution in [0, 0.1) is 0 Å². The molecule has 0 aliphatic rings. The fourth-order valence-electron chi connectivity index (χ4n) is 1.79. The minimum atomic E-state index is -0.104. The largest absolute Gasteiger partial charge is 0.508 e. The Bertz CT molecular complexity index is 574. The van der Waals surface area contributed by atoms with Crippen molar-refractivity contribution in [2.75, 3.05) is 6.54 Å². The standard InChI is InChI=1S/C17H17NO2/c19-16-9-6-15(7-10-16)12-13-18-17(20)11-8-14-4-2-1-3-5-14/h1-11,19H,12-13H2,(H,18,20). The van der Waals surface area contributed by atoms with Crippen molar-refractivity contribution in [3.63, 3.8) is 0 Å². The van der Waals surface area contributed by atoms with Crippen molar-refractivity contribution < 1.29 is 9.90 Å². The van der Waals surface area contributed by atoms with E-state index in [1.807, 2.05) is 42.5 Å². The van der Waals surface area contributed by atoms with Crippen LogP contribution in [-0.2, 0) is 11.2 Å². The molecule has 0 bridgehead atoms. The molecule has 0 saturated carbocycles. The molecular weight excluding hydrogens is 250 g/mol. The zero-order valence-corrected chi connectivity index (χ0v) is 11.1. The van der Waals surface area contributed by atoms with Crippen LogP contribution in [0.25, 0.3) is 6.08 Å². The first-order valence-corrected chi connectivity index (χ1v) is 6.53. The van der Waals surface area contributed by atoms with Crippen LogP contribution in [0.3, 0.4) is 0 Å². The monoisotopic (exact) mass is 267 g/mol. The number of benzene rings is 2. The van der Waals surface area contributed by atoms with E-state index in [1.54, 1.807) is 18.2 Å². The SMILES string of the molecule is O=C(C=Cc1ccccc1)NCCc1ccc(O)cc1. The molecule has 2 rings (SSSR count). The number of hydrogen-bond donors (Lipinski definition) is 2. The molecule has 20 heavy (non-hydrogen) atoms. The molecule has 0 fully saturated rings. The molecular formula is C17H17NO2. The number of aromatic hydroxyl groups is 1. The van der Waals surface area contributed by atoms with E-state index in [4.69, 9.17) is 5.11 Å². The number of nitrogens with one attached hydrogen (secondary N) is 1. The van der Waals surface area contributed by atoms with E-state index in [9.17, 15) is 4.79 Å². The van der Waals surface area contributed by atoms with Gasteiger partial charge in [-0.15, -0.1) is 0 Å². The van der Waals surface area contributed by atoms with Gasteiger partial charge in [-0.2, -0.15) is 0 Å². The van der Waals surface area contributed by atoms with Crippen molar-refractivity contribution in [1.29, 1.82) is 0 Å². The van der Waals surface area contributed by atoms with Crippen LogP contribution in [0.5, 0.6) is 5.75 Å². The fourth-order valence-corrected chi connectivity index (χ4v) is 1.79. The summed E-state index contributed by atoms with van der Waals surface area (Å²) in [6, 6.07) is 16.7. The summed E-state index contributed by atoms with van der Waals surface area (Å²) in [6.45, 7) is 0.572. The minimum Gasteiger partial charge on any atom is -0.508 e. The van der Waals surface area contributed by atoms with Gasteiger partial charge < -0.3 is 10.4 Å². The van der Waals surface area contributed by atoms with Crippen LogP contribution >= 0.6 is 0 Å². The van der Waals surface area contributed by atoms with Gasteiger partial charge in [0.1, 0.15) is 5.75 Å². The van der Waals surface area contributed by atoms with Crippen molar-refractivity contribution in [3.8, 4) is 5.75 Å². The van der Waals surface area contributed by atoms with Gasteiger partial charge in [-0.1, -0.05) is 42.5 Å². The average molecular weight is 267 g/mol. The van der Waals surface area contributed by atoms with Crippen LogP contribution in [0.15, 0.2) is 60.7 Å². The number of hydrogen-bond acceptors (Lipinski definition) is 2. The van der Waals surface area contributed by atoms with Crippen molar-refractivity contribution >= 4 is 12.0 Å². The van der Waals surface area contributed by atoms with Gasteiger partial charge in [0.2, 0.25) is 5.91 Å². The zero-order chi connectivity index (χ0) is 14.2. The van der Waals surface area contributed by atoms with Crippen molar-refractivity contribution in [1.82, 2.24) is 5.32 Å². The van der Waals surface area contributed by atoms with Gasteiger partial charge in [0.15, 0.2) is 0 Å². The summed E-state index contributed by atoms with van der Waals surface area (Å²) in [7, 11) is 0. The molecule has 2 aromatic carbocycles. The average Bonchev–Trinajstić information content (AvgIpc) is 2.48. The Balaban J connectivity index is 1.75. The maximum atomic E-state index is 11.6. The van der Waals surface area contributed by atoms with Crippen molar-refractivity contribution in [3.05, 3.63) is 71.8 Å². The van der Waals surface area contributed by atoms with E-state index in [2.05, 4.69) is 5.32 Å². The highest BCUT2D eigenvalue weighted by Crippen LogP contribution is 2.09. The maximum absolute atomic E-state index is 11.6. The van der Waals surface area contributed by atoms with Gasteiger partial charge in [-0.3, -0.25) is 4.79 Å². The molecule has 0 aliphatic heterocycles. The van der Waals surface area contributed by atoms with Gasteiger partial charge in [-0.25, -0.2) is 0 Å². The normalized spacial score (nSPS) is 10.6. The van der Waals surface area contributed by atoms with Crippen LogP contribution in [0.2, 0.25) is 0 Å². The first-order chi connectivity index (χ1) is 9.74. The van der Waals surface area contributed by atoms with E-state index in [0.29, 0.717) is 6.54 Å². The molecule has 102 valence electrons. The number of amides is 1. The Kier molecular flexibility index (Phi) is 4.95. The first kappa shape index (κ1) is 13.9. The Morgan fingerprint density at radius 2 is 1.75 bits per heavy atom. The second-order valence-electron chi connectivity index (χ2n) is 4.45. The molecule has 0 atom stereocenters. The summed E-state index contributed by atoms with van der Waals surface area (Å²) in [5.41, 5.74) is 2.08. The lowest BCUT2D eigenvalue weighted by Crippen LogP contribution is -2.23. The predicted molar refractivity (Wildman–Crippen MR) is 80.3 cm³/mol. The van der Waals surface area contributed by atoms with Gasteiger partial charge in [0.05, 0.1) is 0 Å². The summed E-state index contributed by atoms with van der Waals surface area (Å²) >= 11 is 0. The highest BCUT2D eigenvalue weighted by atomic mass is 16.3. The quantitative estimate of drug-likeness (QED) is 0.818. The molecule has 0 aliphatic carbocycles. The fraction of sp³-hybridized carbons (Fsp3) is 0.118. The lowest BCUT2D eigenvalue weighted by atomic mass is 10.1. The number of phenols is 1.